The third-order valence-electron chi connectivity index (χ3n) is 4.65. The molecule has 0 radical (unpaired) electrons. The highest BCUT2D eigenvalue weighted by atomic mass is 32.1. The molecule has 1 atom stereocenters. The van der Waals surface area contributed by atoms with Gasteiger partial charge in [0, 0.05) is 45.2 Å². The molecule has 1 saturated heterocycles. The maximum absolute atomic E-state index is 12.7. The van der Waals surface area contributed by atoms with Gasteiger partial charge in [-0.25, -0.2) is 0 Å². The average molecular weight is 351 g/mol. The molecule has 0 bridgehead atoms. The van der Waals surface area contributed by atoms with Crippen LogP contribution >= 0.6 is 11.3 Å². The van der Waals surface area contributed by atoms with Crippen molar-refractivity contribution in [2.75, 3.05) is 45.2 Å². The molecule has 6 nitrogen and oxygen atoms in total. The smallest absolute Gasteiger partial charge is 0.264 e. The number of amides is 2. The van der Waals surface area contributed by atoms with Gasteiger partial charge in [-0.15, -0.1) is 11.3 Å². The van der Waals surface area contributed by atoms with Gasteiger partial charge in [-0.1, -0.05) is 0 Å². The van der Waals surface area contributed by atoms with Gasteiger partial charge in [0.25, 0.3) is 5.91 Å². The van der Waals surface area contributed by atoms with Crippen LogP contribution in [0.5, 0.6) is 0 Å². The van der Waals surface area contributed by atoms with Crippen molar-refractivity contribution in [3.63, 3.8) is 0 Å². The molecule has 1 N–H and O–H groups in total. The van der Waals surface area contributed by atoms with Gasteiger partial charge in [0.1, 0.15) is 0 Å². The first-order valence-corrected chi connectivity index (χ1v) is 9.33. The Morgan fingerprint density at radius 1 is 1.33 bits per heavy atom. The van der Waals surface area contributed by atoms with E-state index in [0.717, 1.165) is 44.0 Å². The lowest BCUT2D eigenvalue weighted by atomic mass is 10.2. The van der Waals surface area contributed by atoms with Crippen LogP contribution in [0.15, 0.2) is 12.1 Å². The lowest BCUT2D eigenvalue weighted by molar-refractivity contribution is -0.117. The Morgan fingerprint density at radius 3 is 2.79 bits per heavy atom. The number of hydrogen-bond acceptors (Lipinski definition) is 5. The van der Waals surface area contributed by atoms with Crippen LogP contribution in [0.4, 0.5) is 5.00 Å². The zero-order chi connectivity index (χ0) is 17.1. The molecule has 3 rings (SSSR count). The van der Waals surface area contributed by atoms with Crippen molar-refractivity contribution in [2.24, 2.45) is 5.92 Å². The third-order valence-corrected chi connectivity index (χ3v) is 5.63. The number of carbonyl (C=O) groups is 2. The van der Waals surface area contributed by atoms with Gasteiger partial charge in [-0.05, 0) is 31.9 Å². The van der Waals surface area contributed by atoms with Crippen LogP contribution in [-0.2, 0) is 9.53 Å². The summed E-state index contributed by atoms with van der Waals surface area (Å²) in [6, 6.07) is 3.97. The third kappa shape index (κ3) is 4.15. The number of piperazine rings is 1. The average Bonchev–Trinajstić information content (AvgIpc) is 3.33. The molecular formula is C17H25N3O3S. The molecule has 2 fully saturated rings. The second-order valence-electron chi connectivity index (χ2n) is 6.56. The predicted octanol–water partition coefficient (Wildman–Crippen LogP) is 1.89. The fourth-order valence-electron chi connectivity index (χ4n) is 2.97. The van der Waals surface area contributed by atoms with Gasteiger partial charge in [0.15, 0.2) is 0 Å². The number of methoxy groups -OCH3 is 1. The van der Waals surface area contributed by atoms with Crippen molar-refractivity contribution in [1.82, 2.24) is 9.80 Å². The predicted molar refractivity (Wildman–Crippen MR) is 94.5 cm³/mol. The minimum Gasteiger partial charge on any atom is -0.383 e. The van der Waals surface area contributed by atoms with E-state index >= 15 is 0 Å². The summed E-state index contributed by atoms with van der Waals surface area (Å²) in [6.07, 6.45) is 1.96. The molecule has 132 valence electrons. The van der Waals surface area contributed by atoms with Gasteiger partial charge in [0.05, 0.1) is 16.5 Å². The fourth-order valence-corrected chi connectivity index (χ4v) is 3.84. The molecule has 7 heteroatoms. The molecule has 1 unspecified atom stereocenters. The van der Waals surface area contributed by atoms with Crippen molar-refractivity contribution >= 4 is 28.2 Å². The van der Waals surface area contributed by atoms with Gasteiger partial charge >= 0.3 is 0 Å². The summed E-state index contributed by atoms with van der Waals surface area (Å²) in [5.41, 5.74) is 0. The lowest BCUT2D eigenvalue weighted by Crippen LogP contribution is -2.54. The number of nitrogens with one attached hydrogen (secondary N) is 1. The second kappa shape index (κ2) is 7.63. The maximum Gasteiger partial charge on any atom is 0.264 e. The normalized spacial score (nSPS) is 21.8. The zero-order valence-electron chi connectivity index (χ0n) is 14.3. The maximum atomic E-state index is 12.7. The number of carbonyl (C=O) groups excluding carboxylic acids is 2. The molecule has 2 amide bonds. The van der Waals surface area contributed by atoms with E-state index in [2.05, 4.69) is 17.1 Å². The molecular weight excluding hydrogens is 326 g/mol. The number of hydrogen-bond donors (Lipinski definition) is 1. The van der Waals surface area contributed by atoms with E-state index in [1.54, 1.807) is 7.11 Å². The molecule has 1 aliphatic carbocycles. The summed E-state index contributed by atoms with van der Waals surface area (Å²) in [5, 5.41) is 3.67. The molecule has 1 aromatic heterocycles. The Balaban J connectivity index is 1.54. The van der Waals surface area contributed by atoms with Crippen LogP contribution in [0.25, 0.3) is 0 Å². The molecule has 2 aliphatic rings. The van der Waals surface area contributed by atoms with Crippen LogP contribution in [0.3, 0.4) is 0 Å². The standard InChI is InChI=1S/C17H25N3O3S/c1-12-11-20(8-7-19(12)9-10-23-2)17(22)14-5-6-15(24-14)18-16(21)13-3-4-13/h5-6,12-13H,3-4,7-11H2,1-2H3,(H,18,21). The Hall–Kier alpha value is -1.44. The SMILES string of the molecule is COCCN1CCN(C(=O)c2ccc(NC(=O)C3CC3)s2)CC1C. The number of ether oxygens (including phenoxy) is 1. The minimum absolute atomic E-state index is 0.0603. The van der Waals surface area contributed by atoms with Crippen LogP contribution in [0.2, 0.25) is 0 Å². The first-order chi connectivity index (χ1) is 11.6. The quantitative estimate of drug-likeness (QED) is 0.850. The second-order valence-corrected chi connectivity index (χ2v) is 7.64. The summed E-state index contributed by atoms with van der Waals surface area (Å²) in [5.74, 6) is 0.314. The van der Waals surface area contributed by atoms with Crippen molar-refractivity contribution in [2.45, 2.75) is 25.8 Å². The topological polar surface area (TPSA) is 61.9 Å². The van der Waals surface area contributed by atoms with Crippen molar-refractivity contribution in [1.29, 1.82) is 0 Å². The molecule has 1 aliphatic heterocycles. The summed E-state index contributed by atoms with van der Waals surface area (Å²) in [7, 11) is 1.71. The van der Waals surface area contributed by atoms with E-state index in [1.807, 2.05) is 17.0 Å². The number of anilines is 1. The molecule has 1 saturated carbocycles. The summed E-state index contributed by atoms with van der Waals surface area (Å²) in [4.78, 5) is 29.4. The fraction of sp³-hybridized carbons (Fsp3) is 0.647. The zero-order valence-corrected chi connectivity index (χ0v) is 15.1. The van der Waals surface area contributed by atoms with Crippen molar-refractivity contribution < 1.29 is 14.3 Å². The minimum atomic E-state index is 0.0603. The van der Waals surface area contributed by atoms with Crippen LogP contribution in [0, 0.1) is 5.92 Å². The highest BCUT2D eigenvalue weighted by molar-refractivity contribution is 7.18. The molecule has 0 spiro atoms. The van der Waals surface area contributed by atoms with Crippen LogP contribution in [0.1, 0.15) is 29.4 Å². The highest BCUT2D eigenvalue weighted by Crippen LogP contribution is 2.32. The lowest BCUT2D eigenvalue weighted by Gasteiger charge is -2.39. The molecule has 1 aromatic rings. The van der Waals surface area contributed by atoms with E-state index in [9.17, 15) is 9.59 Å². The summed E-state index contributed by atoms with van der Waals surface area (Å²) >= 11 is 1.37. The van der Waals surface area contributed by atoms with E-state index in [-0.39, 0.29) is 17.7 Å². The first-order valence-electron chi connectivity index (χ1n) is 8.51. The molecule has 2 heterocycles. The van der Waals surface area contributed by atoms with Gasteiger partial charge < -0.3 is 15.0 Å². The highest BCUT2D eigenvalue weighted by Gasteiger charge is 2.30. The summed E-state index contributed by atoms with van der Waals surface area (Å²) in [6.45, 7) is 6.08. The molecule has 24 heavy (non-hydrogen) atoms. The number of rotatable bonds is 6. The number of thiophene rings is 1. The van der Waals surface area contributed by atoms with E-state index < -0.39 is 0 Å². The first kappa shape index (κ1) is 17.4. The monoisotopic (exact) mass is 351 g/mol. The van der Waals surface area contributed by atoms with Gasteiger partial charge in [-0.3, -0.25) is 14.5 Å². The van der Waals surface area contributed by atoms with Crippen molar-refractivity contribution in [3.8, 4) is 0 Å². The Labute approximate surface area is 146 Å². The van der Waals surface area contributed by atoms with Crippen LogP contribution < -0.4 is 5.32 Å². The van der Waals surface area contributed by atoms with E-state index in [4.69, 9.17) is 4.74 Å². The number of nitrogens with zero attached hydrogens (tertiary/aromatic N) is 2. The molecule has 0 aromatic carbocycles. The summed E-state index contributed by atoms with van der Waals surface area (Å²) < 4.78 is 5.14. The van der Waals surface area contributed by atoms with Gasteiger partial charge in [0.2, 0.25) is 5.91 Å². The van der Waals surface area contributed by atoms with Crippen LogP contribution in [-0.4, -0.2) is 67.6 Å². The Bertz CT molecular complexity index is 600. The van der Waals surface area contributed by atoms with E-state index in [0.29, 0.717) is 17.5 Å². The van der Waals surface area contributed by atoms with Gasteiger partial charge in [-0.2, -0.15) is 0 Å². The Morgan fingerprint density at radius 2 is 2.12 bits per heavy atom. The van der Waals surface area contributed by atoms with E-state index in [1.165, 1.54) is 11.3 Å². The largest absolute Gasteiger partial charge is 0.383 e. The Kier molecular flexibility index (Phi) is 5.53. The van der Waals surface area contributed by atoms with Crippen molar-refractivity contribution in [3.05, 3.63) is 17.0 Å².